The van der Waals surface area contributed by atoms with Crippen LogP contribution in [-0.2, 0) is 27.1 Å². The van der Waals surface area contributed by atoms with Crippen LogP contribution in [0, 0.1) is 11.3 Å². The van der Waals surface area contributed by atoms with Gasteiger partial charge in [0.05, 0.1) is 18.6 Å². The molecular weight excluding hydrogens is 358 g/mol. The average molecular weight is 379 g/mol. The van der Waals surface area contributed by atoms with Gasteiger partial charge in [-0.1, -0.05) is 30.3 Å². The summed E-state index contributed by atoms with van der Waals surface area (Å²) in [7, 11) is 0. The fourth-order valence-corrected chi connectivity index (χ4v) is 2.87. The number of fused-ring (bicyclic) bond motifs is 1. The predicted molar refractivity (Wildman–Crippen MR) is 102 cm³/mol. The van der Waals surface area contributed by atoms with Crippen molar-refractivity contribution >= 4 is 17.3 Å². The summed E-state index contributed by atoms with van der Waals surface area (Å²) in [5.74, 6) is 0.0822. The number of esters is 1. The van der Waals surface area contributed by atoms with Crippen molar-refractivity contribution in [2.24, 2.45) is 0 Å². The number of ether oxygens (including phenoxy) is 2. The van der Waals surface area contributed by atoms with Crippen LogP contribution in [0.25, 0.3) is 5.52 Å². The number of nitriles is 1. The molecule has 3 rings (SSSR count). The maximum absolute atomic E-state index is 12.1. The summed E-state index contributed by atoms with van der Waals surface area (Å²) in [6, 6.07) is 15.1. The molecule has 2 heterocycles. The number of hydrogen-bond donors (Lipinski definition) is 1. The Labute approximate surface area is 162 Å². The molecule has 0 unspecified atom stereocenters. The van der Waals surface area contributed by atoms with Crippen molar-refractivity contribution < 1.29 is 14.3 Å². The first-order valence-corrected chi connectivity index (χ1v) is 8.92. The number of rotatable bonds is 9. The first-order chi connectivity index (χ1) is 13.7. The Morgan fingerprint density at radius 2 is 2.07 bits per heavy atom. The van der Waals surface area contributed by atoms with Gasteiger partial charge in [-0.25, -0.2) is 9.50 Å². The number of carbonyl (C=O) groups excluding carboxylic acids is 1. The second-order valence-electron chi connectivity index (χ2n) is 6.24. The minimum absolute atomic E-state index is 0.0646. The molecule has 0 saturated heterocycles. The molecule has 0 radical (unpaired) electrons. The summed E-state index contributed by atoms with van der Waals surface area (Å²) in [4.78, 5) is 16.0. The number of nitrogens with two attached hydrogens (primary N) is 1. The summed E-state index contributed by atoms with van der Waals surface area (Å²) < 4.78 is 12.6. The average Bonchev–Trinajstić information content (AvgIpc) is 3.13. The second-order valence-corrected chi connectivity index (χ2v) is 6.24. The van der Waals surface area contributed by atoms with Gasteiger partial charge >= 0.3 is 5.97 Å². The van der Waals surface area contributed by atoms with Crippen LogP contribution in [0.2, 0.25) is 0 Å². The Balaban J connectivity index is 1.56. The Hall–Kier alpha value is -3.44. The van der Waals surface area contributed by atoms with Gasteiger partial charge in [-0.3, -0.25) is 4.79 Å². The number of nitrogens with zero attached hydrogens (tertiary/aromatic N) is 4. The molecule has 144 valence electrons. The minimum Gasteiger partial charge on any atom is -0.463 e. The lowest BCUT2D eigenvalue weighted by molar-refractivity contribution is -0.146. The second kappa shape index (κ2) is 9.48. The summed E-state index contributed by atoms with van der Waals surface area (Å²) in [6.45, 7) is 0.0265. The third kappa shape index (κ3) is 5.05. The third-order valence-corrected chi connectivity index (χ3v) is 4.29. The van der Waals surface area contributed by atoms with E-state index in [1.807, 2.05) is 48.5 Å². The molecule has 0 aliphatic carbocycles. The van der Waals surface area contributed by atoms with Crippen molar-refractivity contribution in [1.29, 1.82) is 5.26 Å². The Morgan fingerprint density at radius 3 is 2.86 bits per heavy atom. The highest BCUT2D eigenvalue weighted by molar-refractivity contribution is 5.72. The number of aromatic nitrogens is 3. The van der Waals surface area contributed by atoms with Crippen molar-refractivity contribution in [1.82, 2.24) is 14.6 Å². The van der Waals surface area contributed by atoms with Crippen LogP contribution < -0.4 is 5.73 Å². The molecule has 2 N–H and O–H groups in total. The van der Waals surface area contributed by atoms with Crippen LogP contribution in [0.1, 0.15) is 17.7 Å². The van der Waals surface area contributed by atoms with Crippen LogP contribution in [0.3, 0.4) is 0 Å². The number of nitrogen functional groups attached to an aromatic ring is 1. The summed E-state index contributed by atoms with van der Waals surface area (Å²) in [6.07, 6.45) is 2.41. The van der Waals surface area contributed by atoms with Crippen molar-refractivity contribution in [3.8, 4) is 6.07 Å². The third-order valence-electron chi connectivity index (χ3n) is 4.29. The van der Waals surface area contributed by atoms with Crippen LogP contribution in [0.4, 0.5) is 5.82 Å². The summed E-state index contributed by atoms with van der Waals surface area (Å²) in [5, 5.41) is 13.0. The molecule has 8 nitrogen and oxygen atoms in total. The molecule has 0 fully saturated rings. The molecule has 3 aromatic rings. The molecule has 1 atom stereocenters. The minimum atomic E-state index is -0.385. The number of hydrogen-bond acceptors (Lipinski definition) is 7. The number of aryl methyl sites for hydroxylation is 1. The SMILES string of the molecule is N#CCO[C@@H](CCc1ccc2c(N)ncnn12)COC(=O)Cc1ccccc1. The van der Waals surface area contributed by atoms with Crippen LogP contribution in [-0.4, -0.2) is 39.9 Å². The van der Waals surface area contributed by atoms with Crippen molar-refractivity contribution in [2.45, 2.75) is 25.4 Å². The van der Waals surface area contributed by atoms with Crippen LogP contribution in [0.5, 0.6) is 0 Å². The molecule has 28 heavy (non-hydrogen) atoms. The van der Waals surface area contributed by atoms with Crippen molar-refractivity contribution in [3.63, 3.8) is 0 Å². The quantitative estimate of drug-likeness (QED) is 0.565. The van der Waals surface area contributed by atoms with Crippen molar-refractivity contribution in [2.75, 3.05) is 18.9 Å². The predicted octanol–water partition coefficient (Wildman–Crippen LogP) is 1.94. The molecule has 0 bridgehead atoms. The molecular formula is C20H21N5O3. The van der Waals surface area contributed by atoms with Gasteiger partial charge in [0.25, 0.3) is 0 Å². The lowest BCUT2D eigenvalue weighted by atomic mass is 10.1. The molecule has 0 amide bonds. The van der Waals surface area contributed by atoms with E-state index in [1.54, 1.807) is 4.52 Å². The van der Waals surface area contributed by atoms with Gasteiger partial charge in [0.1, 0.15) is 25.1 Å². The summed E-state index contributed by atoms with van der Waals surface area (Å²) >= 11 is 0. The molecule has 0 aliphatic rings. The first-order valence-electron chi connectivity index (χ1n) is 8.92. The highest BCUT2D eigenvalue weighted by Crippen LogP contribution is 2.16. The number of benzene rings is 1. The van der Waals surface area contributed by atoms with Gasteiger partial charge in [0.2, 0.25) is 0 Å². The fraction of sp³-hybridized carbons (Fsp3) is 0.300. The molecule has 8 heteroatoms. The van der Waals surface area contributed by atoms with E-state index >= 15 is 0 Å². The Kier molecular flexibility index (Phi) is 6.54. The standard InChI is InChI=1S/C20H21N5O3/c21-10-11-27-17(13-28-19(26)12-15-4-2-1-3-5-15)8-6-16-7-9-18-20(22)23-14-24-25(16)18/h1-5,7,9,14,17H,6,8,11-13H2,(H2,22,23,24)/t17-/m0/s1. The lowest BCUT2D eigenvalue weighted by Crippen LogP contribution is -2.24. The Bertz CT molecular complexity index is 965. The first kappa shape index (κ1) is 19.3. The summed E-state index contributed by atoms with van der Waals surface area (Å²) in [5.41, 5.74) is 8.41. The van der Waals surface area contributed by atoms with E-state index in [1.165, 1.54) is 6.33 Å². The van der Waals surface area contributed by atoms with Crippen LogP contribution >= 0.6 is 0 Å². The van der Waals surface area contributed by atoms with E-state index in [-0.39, 0.29) is 31.7 Å². The van der Waals surface area contributed by atoms with Gasteiger partial charge in [0, 0.05) is 5.69 Å². The van der Waals surface area contributed by atoms with Crippen molar-refractivity contribution in [3.05, 3.63) is 60.0 Å². The van der Waals surface area contributed by atoms with E-state index in [0.29, 0.717) is 18.7 Å². The van der Waals surface area contributed by atoms with E-state index in [2.05, 4.69) is 10.1 Å². The fourth-order valence-electron chi connectivity index (χ4n) is 2.87. The Morgan fingerprint density at radius 1 is 1.25 bits per heavy atom. The topological polar surface area (TPSA) is 116 Å². The zero-order valence-electron chi connectivity index (χ0n) is 15.3. The number of anilines is 1. The van der Waals surface area contributed by atoms with Gasteiger partial charge in [-0.15, -0.1) is 0 Å². The largest absolute Gasteiger partial charge is 0.463 e. The molecule has 0 aliphatic heterocycles. The molecule has 0 saturated carbocycles. The van der Waals surface area contributed by atoms with Gasteiger partial charge in [-0.2, -0.15) is 10.4 Å². The van der Waals surface area contributed by atoms with E-state index in [0.717, 1.165) is 16.8 Å². The highest BCUT2D eigenvalue weighted by atomic mass is 16.6. The van der Waals surface area contributed by atoms with Crippen LogP contribution in [0.15, 0.2) is 48.8 Å². The normalized spacial score (nSPS) is 11.8. The van der Waals surface area contributed by atoms with Gasteiger partial charge < -0.3 is 15.2 Å². The lowest BCUT2D eigenvalue weighted by Gasteiger charge is -2.16. The van der Waals surface area contributed by atoms with Gasteiger partial charge in [-0.05, 0) is 30.5 Å². The zero-order chi connectivity index (χ0) is 19.8. The van der Waals surface area contributed by atoms with E-state index < -0.39 is 0 Å². The zero-order valence-corrected chi connectivity index (χ0v) is 15.3. The molecule has 0 spiro atoms. The highest BCUT2D eigenvalue weighted by Gasteiger charge is 2.15. The van der Waals surface area contributed by atoms with Gasteiger partial charge in [0.15, 0.2) is 5.82 Å². The molecule has 2 aromatic heterocycles. The smallest absolute Gasteiger partial charge is 0.310 e. The molecule has 1 aromatic carbocycles. The maximum Gasteiger partial charge on any atom is 0.310 e. The van der Waals surface area contributed by atoms with E-state index in [9.17, 15) is 4.79 Å². The monoisotopic (exact) mass is 379 g/mol. The van der Waals surface area contributed by atoms with E-state index in [4.69, 9.17) is 20.5 Å². The number of carbonyl (C=O) groups is 1. The maximum atomic E-state index is 12.1.